The molecule has 0 aromatic heterocycles. The SMILES string of the molecule is CCCCCCCCC=CCCCCCCCCCCCCCC(=O)NC(COC1OC(CO)C(OC2OC(CO)C(O)C(O)C2O)C(O)C1O)C(O)C=CCCCCCCCCCCCCC. The molecule has 400 valence electrons. The van der Waals surface area contributed by atoms with E-state index in [4.69, 9.17) is 18.9 Å². The Balaban J connectivity index is 1.78. The van der Waals surface area contributed by atoms with Crippen molar-refractivity contribution >= 4 is 5.91 Å². The summed E-state index contributed by atoms with van der Waals surface area (Å²) in [5.41, 5.74) is 0. The highest BCUT2D eigenvalue weighted by molar-refractivity contribution is 5.76. The molecule has 2 aliphatic rings. The van der Waals surface area contributed by atoms with Gasteiger partial charge in [-0.25, -0.2) is 0 Å². The van der Waals surface area contributed by atoms with Gasteiger partial charge < -0.3 is 65.1 Å². The van der Waals surface area contributed by atoms with Gasteiger partial charge in [-0.3, -0.25) is 4.79 Å². The first-order valence-corrected chi connectivity index (χ1v) is 27.6. The zero-order valence-electron chi connectivity index (χ0n) is 42.6. The van der Waals surface area contributed by atoms with Gasteiger partial charge in [0, 0.05) is 6.42 Å². The number of aliphatic hydroxyl groups excluding tert-OH is 8. The zero-order chi connectivity index (χ0) is 49.6. The van der Waals surface area contributed by atoms with Crippen LogP contribution >= 0.6 is 0 Å². The maximum atomic E-state index is 13.2. The predicted octanol–water partition coefficient (Wildman–Crippen LogP) is 8.11. The molecule has 0 saturated carbocycles. The van der Waals surface area contributed by atoms with Crippen LogP contribution in [0.25, 0.3) is 0 Å². The fourth-order valence-electron chi connectivity index (χ4n) is 9.11. The molecule has 14 nitrogen and oxygen atoms in total. The maximum absolute atomic E-state index is 13.2. The summed E-state index contributed by atoms with van der Waals surface area (Å²) in [7, 11) is 0. The number of rotatable bonds is 43. The molecule has 2 rings (SSSR count). The number of hydrogen-bond acceptors (Lipinski definition) is 13. The van der Waals surface area contributed by atoms with E-state index in [2.05, 4.69) is 31.3 Å². The lowest BCUT2D eigenvalue weighted by molar-refractivity contribution is -0.359. The van der Waals surface area contributed by atoms with E-state index in [1.165, 1.54) is 154 Å². The maximum Gasteiger partial charge on any atom is 0.220 e. The standard InChI is InChI=1S/C54H101NO13/c1-3-5-7-9-11-13-15-17-18-19-20-21-22-23-24-26-28-30-32-34-36-38-46(59)55-42(43(58)37-35-33-31-29-27-25-16-14-12-10-8-6-4-2)41-65-53-51(64)49(62)52(45(40-57)67-53)68-54-50(63)48(61)47(60)44(39-56)66-54/h17-18,35,37,42-45,47-54,56-58,60-64H,3-16,19-34,36,38-41H2,1-2H3,(H,55,59). The van der Waals surface area contributed by atoms with Crippen molar-refractivity contribution in [1.82, 2.24) is 5.32 Å². The normalized spacial score (nSPS) is 26.5. The third kappa shape index (κ3) is 27.3. The first kappa shape index (κ1) is 62.6. The predicted molar refractivity (Wildman–Crippen MR) is 268 cm³/mol. The van der Waals surface area contributed by atoms with Crippen LogP contribution < -0.4 is 5.32 Å². The molecule has 2 aliphatic heterocycles. The Kier molecular flexibility index (Phi) is 37.7. The molecular weight excluding hydrogens is 871 g/mol. The average Bonchev–Trinajstić information content (AvgIpc) is 3.34. The second kappa shape index (κ2) is 41.0. The number of allylic oxidation sites excluding steroid dienone is 3. The summed E-state index contributed by atoms with van der Waals surface area (Å²) < 4.78 is 22.7. The Morgan fingerprint density at radius 3 is 1.40 bits per heavy atom. The van der Waals surface area contributed by atoms with Crippen molar-refractivity contribution in [3.8, 4) is 0 Å². The van der Waals surface area contributed by atoms with Crippen molar-refractivity contribution in [2.75, 3.05) is 19.8 Å². The van der Waals surface area contributed by atoms with E-state index in [9.17, 15) is 45.6 Å². The van der Waals surface area contributed by atoms with Gasteiger partial charge in [0.15, 0.2) is 12.6 Å². The third-order valence-electron chi connectivity index (χ3n) is 13.6. The fraction of sp³-hybridized carbons (Fsp3) is 0.907. The van der Waals surface area contributed by atoms with Gasteiger partial charge in [0.2, 0.25) is 5.91 Å². The molecule has 0 spiro atoms. The number of unbranched alkanes of at least 4 members (excludes halogenated alkanes) is 28. The second-order valence-electron chi connectivity index (χ2n) is 19.7. The lowest BCUT2D eigenvalue weighted by Crippen LogP contribution is -2.65. The molecule has 2 heterocycles. The van der Waals surface area contributed by atoms with Crippen molar-refractivity contribution < 1.29 is 64.6 Å². The van der Waals surface area contributed by atoms with Gasteiger partial charge in [0.1, 0.15) is 48.8 Å². The highest BCUT2D eigenvalue weighted by atomic mass is 16.7. The smallest absolute Gasteiger partial charge is 0.220 e. The van der Waals surface area contributed by atoms with Gasteiger partial charge in [-0.05, 0) is 44.9 Å². The summed E-state index contributed by atoms with van der Waals surface area (Å²) >= 11 is 0. The summed E-state index contributed by atoms with van der Waals surface area (Å²) in [6.07, 6.45) is 29.3. The van der Waals surface area contributed by atoms with Crippen LogP contribution in [0, 0.1) is 0 Å². The lowest BCUT2D eigenvalue weighted by atomic mass is 9.97. The number of hydrogen-bond donors (Lipinski definition) is 9. The molecule has 12 unspecified atom stereocenters. The van der Waals surface area contributed by atoms with Gasteiger partial charge >= 0.3 is 0 Å². The number of ether oxygens (including phenoxy) is 4. The minimum absolute atomic E-state index is 0.240. The van der Waals surface area contributed by atoms with Crippen LogP contribution in [-0.4, -0.2) is 140 Å². The van der Waals surface area contributed by atoms with E-state index >= 15 is 0 Å². The fourth-order valence-corrected chi connectivity index (χ4v) is 9.11. The molecule has 9 N–H and O–H groups in total. The van der Waals surface area contributed by atoms with Crippen LogP contribution in [0.2, 0.25) is 0 Å². The van der Waals surface area contributed by atoms with Crippen LogP contribution in [0.4, 0.5) is 0 Å². The topological polar surface area (TPSA) is 228 Å². The second-order valence-corrected chi connectivity index (χ2v) is 19.7. The molecule has 0 bridgehead atoms. The van der Waals surface area contributed by atoms with Crippen LogP contribution in [-0.2, 0) is 23.7 Å². The van der Waals surface area contributed by atoms with Crippen molar-refractivity contribution in [2.45, 2.75) is 293 Å². The van der Waals surface area contributed by atoms with Gasteiger partial charge in [0.05, 0.1) is 32.0 Å². The van der Waals surface area contributed by atoms with Gasteiger partial charge in [-0.1, -0.05) is 192 Å². The largest absolute Gasteiger partial charge is 0.394 e. The minimum Gasteiger partial charge on any atom is -0.394 e. The number of carbonyl (C=O) groups excluding carboxylic acids is 1. The zero-order valence-corrected chi connectivity index (χ0v) is 42.6. The minimum atomic E-state index is -1.79. The van der Waals surface area contributed by atoms with Gasteiger partial charge in [-0.2, -0.15) is 0 Å². The molecule has 0 radical (unpaired) electrons. The number of aliphatic hydroxyl groups is 8. The summed E-state index contributed by atoms with van der Waals surface area (Å²) in [5, 5.41) is 86.8. The molecule has 14 heteroatoms. The van der Waals surface area contributed by atoms with E-state index in [0.29, 0.717) is 6.42 Å². The van der Waals surface area contributed by atoms with E-state index in [1.54, 1.807) is 6.08 Å². The summed E-state index contributed by atoms with van der Waals surface area (Å²) in [6.45, 7) is 2.79. The van der Waals surface area contributed by atoms with Crippen LogP contribution in [0.1, 0.15) is 219 Å². The van der Waals surface area contributed by atoms with Gasteiger partial charge in [-0.15, -0.1) is 0 Å². The van der Waals surface area contributed by atoms with Crippen LogP contribution in [0.5, 0.6) is 0 Å². The van der Waals surface area contributed by atoms with Crippen LogP contribution in [0.3, 0.4) is 0 Å². The molecule has 12 atom stereocenters. The van der Waals surface area contributed by atoms with Gasteiger partial charge in [0.25, 0.3) is 0 Å². The summed E-state index contributed by atoms with van der Waals surface area (Å²) in [4.78, 5) is 13.2. The van der Waals surface area contributed by atoms with E-state index in [1.807, 2.05) is 6.08 Å². The molecule has 0 aromatic carbocycles. The first-order valence-electron chi connectivity index (χ1n) is 27.6. The number of nitrogens with one attached hydrogen (secondary N) is 1. The van der Waals surface area contributed by atoms with E-state index in [-0.39, 0.29) is 18.9 Å². The van der Waals surface area contributed by atoms with Crippen molar-refractivity contribution in [1.29, 1.82) is 0 Å². The molecule has 68 heavy (non-hydrogen) atoms. The van der Waals surface area contributed by atoms with E-state index in [0.717, 1.165) is 38.5 Å². The lowest BCUT2D eigenvalue weighted by Gasteiger charge is -2.46. The molecule has 0 aromatic rings. The molecule has 0 aliphatic carbocycles. The molecule has 2 fully saturated rings. The quantitative estimate of drug-likeness (QED) is 0.0208. The van der Waals surface area contributed by atoms with Crippen LogP contribution in [0.15, 0.2) is 24.3 Å². The third-order valence-corrected chi connectivity index (χ3v) is 13.6. The van der Waals surface area contributed by atoms with E-state index < -0.39 is 86.8 Å². The first-order chi connectivity index (χ1) is 33.1. The molecular formula is C54H101NO13. The highest BCUT2D eigenvalue weighted by Crippen LogP contribution is 2.30. The molecule has 1 amide bonds. The highest BCUT2D eigenvalue weighted by Gasteiger charge is 2.51. The molecule has 2 saturated heterocycles. The monoisotopic (exact) mass is 972 g/mol. The number of carbonyl (C=O) groups is 1. The summed E-state index contributed by atoms with van der Waals surface area (Å²) in [5.74, 6) is -0.240. The summed E-state index contributed by atoms with van der Waals surface area (Å²) in [6, 6.07) is -0.911. The van der Waals surface area contributed by atoms with Crippen molar-refractivity contribution in [3.63, 3.8) is 0 Å². The van der Waals surface area contributed by atoms with Crippen molar-refractivity contribution in [2.24, 2.45) is 0 Å². The van der Waals surface area contributed by atoms with Crippen molar-refractivity contribution in [3.05, 3.63) is 24.3 Å². The Bertz CT molecular complexity index is 1240. The average molecular weight is 972 g/mol. The number of amides is 1. The Hall–Kier alpha value is -1.53. The Morgan fingerprint density at radius 1 is 0.515 bits per heavy atom. The Labute approximate surface area is 411 Å². The Morgan fingerprint density at radius 2 is 0.926 bits per heavy atom.